The summed E-state index contributed by atoms with van der Waals surface area (Å²) >= 11 is 0. The molecule has 4 heterocycles. The molecule has 2 aromatic carbocycles. The Morgan fingerprint density at radius 2 is 1.72 bits per heavy atom. The number of ether oxygens (including phenoxy) is 5. The number of fused-ring (bicyclic) bond motifs is 1. The van der Waals surface area contributed by atoms with Gasteiger partial charge in [-0.1, -0.05) is 60.7 Å². The predicted molar refractivity (Wildman–Crippen MR) is 170 cm³/mol. The molecule has 3 aliphatic rings. The van der Waals surface area contributed by atoms with Gasteiger partial charge in [0.25, 0.3) is 0 Å². The number of aromatic nitrogens is 4. The average Bonchev–Trinajstić information content (AvgIpc) is 3.87. The Balaban J connectivity index is 1.26. The highest BCUT2D eigenvalue weighted by Crippen LogP contribution is 2.58. The Hall–Kier alpha value is -4.72. The summed E-state index contributed by atoms with van der Waals surface area (Å²) in [4.78, 5) is 42.7. The number of carbonyl (C=O) groups is 2. The number of carbonyl (C=O) groups excluding carboxylic acids is 2. The number of nitrogens with one attached hydrogen (secondary N) is 1. The smallest absolute Gasteiger partial charge is 0.303 e. The maximum atomic E-state index is 12.4. The van der Waals surface area contributed by atoms with Gasteiger partial charge in [0.15, 0.2) is 40.9 Å². The van der Waals surface area contributed by atoms with E-state index in [0.29, 0.717) is 42.4 Å². The molecule has 47 heavy (non-hydrogen) atoms. The molecule has 4 aromatic rings. The molecule has 0 radical (unpaired) electrons. The molecule has 244 valence electrons. The number of epoxide rings is 1. The van der Waals surface area contributed by atoms with Crippen molar-refractivity contribution in [3.8, 4) is 0 Å². The first-order valence-corrected chi connectivity index (χ1v) is 15.5. The number of esters is 2. The summed E-state index contributed by atoms with van der Waals surface area (Å²) in [5.74, 6) is -0.946. The van der Waals surface area contributed by atoms with Crippen molar-refractivity contribution in [2.45, 2.75) is 69.0 Å². The third kappa shape index (κ3) is 6.09. The number of nitrogens with zero attached hydrogens (tertiary/aromatic N) is 5. The lowest BCUT2D eigenvalue weighted by atomic mass is 9.91. The second-order valence-corrected chi connectivity index (χ2v) is 12.2. The fraction of sp³-hybridized carbons (Fsp3) is 0.412. The quantitative estimate of drug-likeness (QED) is 0.145. The molecular weight excluding hydrogens is 604 g/mol. The highest BCUT2D eigenvalue weighted by Gasteiger charge is 2.74. The first-order valence-electron chi connectivity index (χ1n) is 15.5. The van der Waals surface area contributed by atoms with E-state index < -0.39 is 47.9 Å². The van der Waals surface area contributed by atoms with E-state index in [1.807, 2.05) is 36.4 Å². The predicted octanol–water partition coefficient (Wildman–Crippen LogP) is 3.79. The van der Waals surface area contributed by atoms with E-state index in [1.54, 1.807) is 31.1 Å². The van der Waals surface area contributed by atoms with E-state index in [1.165, 1.54) is 13.8 Å². The number of benzene rings is 2. The van der Waals surface area contributed by atoms with Crippen molar-refractivity contribution >= 4 is 35.1 Å². The molecule has 13 nitrogen and oxygen atoms in total. The van der Waals surface area contributed by atoms with Crippen LogP contribution in [0, 0.1) is 0 Å². The minimum absolute atomic E-state index is 0.0242. The Labute approximate surface area is 271 Å². The van der Waals surface area contributed by atoms with Crippen LogP contribution in [-0.2, 0) is 33.3 Å². The summed E-state index contributed by atoms with van der Waals surface area (Å²) < 4.78 is 31.7. The van der Waals surface area contributed by atoms with E-state index in [4.69, 9.17) is 38.6 Å². The van der Waals surface area contributed by atoms with E-state index in [-0.39, 0.29) is 5.92 Å². The van der Waals surface area contributed by atoms with Gasteiger partial charge in [0.2, 0.25) is 0 Å². The number of rotatable bonds is 11. The van der Waals surface area contributed by atoms with Crippen LogP contribution < -0.4 is 5.32 Å². The van der Waals surface area contributed by atoms with Gasteiger partial charge in [-0.3, -0.25) is 19.1 Å². The van der Waals surface area contributed by atoms with Crippen molar-refractivity contribution in [1.82, 2.24) is 19.5 Å². The van der Waals surface area contributed by atoms with Gasteiger partial charge < -0.3 is 29.0 Å². The number of imidazole rings is 1. The van der Waals surface area contributed by atoms with Crippen molar-refractivity contribution in [3.63, 3.8) is 0 Å². The molecule has 1 saturated carbocycles. The molecule has 7 rings (SSSR count). The molecular formula is C34H36N6O7. The number of hydrogen-bond acceptors (Lipinski definition) is 12. The van der Waals surface area contributed by atoms with Gasteiger partial charge in [-0.15, -0.1) is 0 Å². The Bertz CT molecular complexity index is 1770. The van der Waals surface area contributed by atoms with Crippen LogP contribution in [0.4, 0.5) is 5.82 Å². The first-order chi connectivity index (χ1) is 22.7. The lowest BCUT2D eigenvalue weighted by Crippen LogP contribution is -2.43. The van der Waals surface area contributed by atoms with Crippen LogP contribution in [0.2, 0.25) is 0 Å². The monoisotopic (exact) mass is 640 g/mol. The zero-order valence-electron chi connectivity index (χ0n) is 26.5. The summed E-state index contributed by atoms with van der Waals surface area (Å²) in [5, 5.41) is 3.52. The molecule has 3 fully saturated rings. The first kappa shape index (κ1) is 30.9. The molecule has 2 aromatic heterocycles. The summed E-state index contributed by atoms with van der Waals surface area (Å²) in [5.41, 5.74) is 2.17. The van der Waals surface area contributed by atoms with Gasteiger partial charge in [0, 0.05) is 39.8 Å². The maximum absolute atomic E-state index is 12.4. The largest absolute Gasteiger partial charge is 0.459 e. The van der Waals surface area contributed by atoms with Gasteiger partial charge in [-0.05, 0) is 18.1 Å². The Morgan fingerprint density at radius 3 is 2.32 bits per heavy atom. The van der Waals surface area contributed by atoms with Crippen molar-refractivity contribution in [2.24, 2.45) is 4.99 Å². The van der Waals surface area contributed by atoms with Crippen molar-refractivity contribution in [2.75, 3.05) is 25.5 Å². The molecule has 6 atom stereocenters. The number of anilines is 1. The lowest BCUT2D eigenvalue weighted by molar-refractivity contribution is -0.170. The van der Waals surface area contributed by atoms with Gasteiger partial charge >= 0.3 is 11.9 Å². The summed E-state index contributed by atoms with van der Waals surface area (Å²) in [6.07, 6.45) is 0.285. The van der Waals surface area contributed by atoms with Crippen LogP contribution >= 0.6 is 0 Å². The molecule has 2 aliphatic heterocycles. The molecule has 1 N–H and O–H groups in total. The van der Waals surface area contributed by atoms with Gasteiger partial charge in [-0.25, -0.2) is 15.0 Å². The van der Waals surface area contributed by atoms with Crippen molar-refractivity contribution in [1.29, 1.82) is 0 Å². The Morgan fingerprint density at radius 1 is 1.06 bits per heavy atom. The lowest BCUT2D eigenvalue weighted by Gasteiger charge is -2.26. The van der Waals surface area contributed by atoms with Gasteiger partial charge in [0.1, 0.15) is 24.4 Å². The summed E-state index contributed by atoms with van der Waals surface area (Å²) in [6, 6.07) is 20.5. The van der Waals surface area contributed by atoms with Crippen molar-refractivity contribution in [3.05, 3.63) is 83.9 Å². The molecule has 0 amide bonds. The summed E-state index contributed by atoms with van der Waals surface area (Å²) in [6.45, 7) is 5.36. The van der Waals surface area contributed by atoms with Crippen LogP contribution in [0.5, 0.6) is 0 Å². The van der Waals surface area contributed by atoms with Crippen LogP contribution in [0.1, 0.15) is 56.3 Å². The molecule has 0 bridgehead atoms. The molecule has 3 unspecified atom stereocenters. The summed E-state index contributed by atoms with van der Waals surface area (Å²) in [7, 11) is 1.64. The second kappa shape index (κ2) is 12.1. The van der Waals surface area contributed by atoms with Gasteiger partial charge in [-0.2, -0.15) is 0 Å². The number of hydrogen-bond donors (Lipinski definition) is 1. The normalized spacial score (nSPS) is 27.9. The fourth-order valence-electron chi connectivity index (χ4n) is 6.33. The SMILES string of the molecule is CN=Cc1nc(NCC(c2ccccc2)c2ccccc2)c2ncn([C@@H]3O[C@]4(C[C@@H]4OC(C)=O)C(OC4(C)CO4)C3OC(C)=O)c2n1. The zero-order valence-corrected chi connectivity index (χ0v) is 26.5. The molecule has 1 spiro atoms. The van der Waals surface area contributed by atoms with E-state index >= 15 is 0 Å². The third-order valence-electron chi connectivity index (χ3n) is 8.66. The fourth-order valence-corrected chi connectivity index (χ4v) is 6.33. The van der Waals surface area contributed by atoms with Crippen LogP contribution in [0.25, 0.3) is 11.2 Å². The number of aliphatic imine (C=N–C) groups is 1. The van der Waals surface area contributed by atoms with Crippen LogP contribution in [0.3, 0.4) is 0 Å². The highest BCUT2D eigenvalue weighted by atomic mass is 16.8. The Kier molecular flexibility index (Phi) is 7.98. The molecule has 1 aliphatic carbocycles. The standard InChI is InChI=1S/C34H36N6O7/c1-20(41)44-25-15-34(25)29(46-33(3)18-43-33)28(45-21(2)42)32(47-34)40-19-37-27-30(38-26(17-35-4)39-31(27)40)36-16-24(22-11-7-5-8-12-22)23-13-9-6-10-14-23/h5-14,17,19,24-25,28-29,32H,15-16,18H2,1-4H3,(H,36,38,39)/t25-,28?,29?,32+,33?,34-/m0/s1. The van der Waals surface area contributed by atoms with E-state index in [2.05, 4.69) is 34.6 Å². The van der Waals surface area contributed by atoms with Crippen LogP contribution in [-0.4, -0.2) is 87.6 Å². The zero-order chi connectivity index (χ0) is 32.8. The van der Waals surface area contributed by atoms with Crippen LogP contribution in [0.15, 0.2) is 72.0 Å². The average molecular weight is 641 g/mol. The second-order valence-electron chi connectivity index (χ2n) is 12.2. The maximum Gasteiger partial charge on any atom is 0.303 e. The molecule has 2 saturated heterocycles. The van der Waals surface area contributed by atoms with E-state index in [0.717, 1.165) is 11.1 Å². The van der Waals surface area contributed by atoms with E-state index in [9.17, 15) is 9.59 Å². The molecule has 13 heteroatoms. The highest BCUT2D eigenvalue weighted by molar-refractivity contribution is 5.87. The minimum atomic E-state index is -1.05. The minimum Gasteiger partial charge on any atom is -0.459 e. The topological polar surface area (TPSA) is 152 Å². The van der Waals surface area contributed by atoms with Crippen molar-refractivity contribution < 1.29 is 33.3 Å². The third-order valence-corrected chi connectivity index (χ3v) is 8.66. The van der Waals surface area contributed by atoms with Gasteiger partial charge in [0.05, 0.1) is 12.5 Å².